The van der Waals surface area contributed by atoms with Crippen molar-refractivity contribution in [3.05, 3.63) is 53.9 Å². The van der Waals surface area contributed by atoms with Gasteiger partial charge in [0.2, 0.25) is 0 Å². The van der Waals surface area contributed by atoms with E-state index in [0.29, 0.717) is 5.92 Å². The minimum absolute atomic E-state index is 0.248. The van der Waals surface area contributed by atoms with Crippen LogP contribution in [0.5, 0.6) is 11.5 Å². The van der Waals surface area contributed by atoms with Crippen LogP contribution in [0.2, 0.25) is 0 Å². The first kappa shape index (κ1) is 17.3. The lowest BCUT2D eigenvalue weighted by atomic mass is 9.85. The zero-order valence-corrected chi connectivity index (χ0v) is 15.4. The van der Waals surface area contributed by atoms with Crippen LogP contribution in [0.1, 0.15) is 24.1 Å². The lowest BCUT2D eigenvalue weighted by Crippen LogP contribution is -2.35. The van der Waals surface area contributed by atoms with E-state index in [1.165, 1.54) is 5.56 Å². The molecule has 2 fully saturated rings. The van der Waals surface area contributed by atoms with Gasteiger partial charge in [0, 0.05) is 31.7 Å². The number of fused-ring (bicyclic) bond motifs is 1. The Bertz CT molecular complexity index is 767. The SMILES string of the molecule is COc1ccc(CN2C[C@@H]3CC[C@@](O)(c4ccccn4)[C@@H]3C2)cc1OC. The molecule has 2 heterocycles. The molecule has 1 aromatic heterocycles. The highest BCUT2D eigenvalue weighted by Crippen LogP contribution is 2.50. The third-order valence-electron chi connectivity index (χ3n) is 5.99. The maximum absolute atomic E-state index is 11.3. The molecular formula is C21H26N2O3. The van der Waals surface area contributed by atoms with E-state index in [4.69, 9.17) is 9.47 Å². The van der Waals surface area contributed by atoms with Crippen LogP contribution >= 0.6 is 0 Å². The van der Waals surface area contributed by atoms with Gasteiger partial charge in [-0.2, -0.15) is 0 Å². The molecular weight excluding hydrogens is 328 g/mol. The van der Waals surface area contributed by atoms with Crippen molar-refractivity contribution < 1.29 is 14.6 Å². The number of methoxy groups -OCH3 is 2. The molecule has 5 nitrogen and oxygen atoms in total. The fourth-order valence-corrected chi connectivity index (χ4v) is 4.69. The van der Waals surface area contributed by atoms with E-state index in [0.717, 1.165) is 49.7 Å². The van der Waals surface area contributed by atoms with E-state index in [-0.39, 0.29) is 5.92 Å². The highest BCUT2D eigenvalue weighted by atomic mass is 16.5. The lowest BCUT2D eigenvalue weighted by molar-refractivity contribution is -0.0108. The third kappa shape index (κ3) is 2.95. The topological polar surface area (TPSA) is 54.8 Å². The largest absolute Gasteiger partial charge is 0.493 e. The number of rotatable bonds is 5. The van der Waals surface area contributed by atoms with E-state index >= 15 is 0 Å². The van der Waals surface area contributed by atoms with Gasteiger partial charge in [0.05, 0.1) is 19.9 Å². The summed E-state index contributed by atoms with van der Waals surface area (Å²) in [5, 5.41) is 11.3. The maximum atomic E-state index is 11.3. The molecule has 138 valence electrons. The number of benzene rings is 1. The number of ether oxygens (including phenoxy) is 2. The lowest BCUT2D eigenvalue weighted by Gasteiger charge is -2.29. The summed E-state index contributed by atoms with van der Waals surface area (Å²) in [5.41, 5.74) is 1.22. The van der Waals surface area contributed by atoms with Crippen LogP contribution in [0, 0.1) is 11.8 Å². The van der Waals surface area contributed by atoms with Crippen LogP contribution in [0.4, 0.5) is 0 Å². The van der Waals surface area contributed by atoms with Gasteiger partial charge in [0.15, 0.2) is 11.5 Å². The predicted molar refractivity (Wildman–Crippen MR) is 99.2 cm³/mol. The summed E-state index contributed by atoms with van der Waals surface area (Å²) in [7, 11) is 3.31. The number of hydrogen-bond donors (Lipinski definition) is 1. The van der Waals surface area contributed by atoms with Gasteiger partial charge < -0.3 is 14.6 Å². The highest BCUT2D eigenvalue weighted by molar-refractivity contribution is 5.42. The molecule has 1 aliphatic carbocycles. The first-order valence-corrected chi connectivity index (χ1v) is 9.21. The molecule has 2 aromatic rings. The molecule has 5 heteroatoms. The summed E-state index contributed by atoms with van der Waals surface area (Å²) in [5.74, 6) is 2.29. The summed E-state index contributed by atoms with van der Waals surface area (Å²) in [6.45, 7) is 2.77. The Morgan fingerprint density at radius 3 is 2.73 bits per heavy atom. The number of hydrogen-bond acceptors (Lipinski definition) is 5. The molecule has 1 aromatic carbocycles. The van der Waals surface area contributed by atoms with Crippen molar-refractivity contribution in [2.24, 2.45) is 11.8 Å². The Morgan fingerprint density at radius 1 is 1.15 bits per heavy atom. The Kier molecular flexibility index (Phi) is 4.59. The van der Waals surface area contributed by atoms with E-state index in [9.17, 15) is 5.11 Å². The molecule has 0 spiro atoms. The maximum Gasteiger partial charge on any atom is 0.161 e. The average Bonchev–Trinajstić information content (AvgIpc) is 3.22. The first-order valence-electron chi connectivity index (χ1n) is 9.21. The standard InChI is InChI=1S/C21H26N2O3/c1-25-18-7-6-15(11-19(18)26-2)12-23-13-16-8-9-21(24,17(16)14-23)20-5-3-4-10-22-20/h3-7,10-11,16-17,24H,8-9,12-14H2,1-2H3/t16-,17+,21-/m0/s1. The van der Waals surface area contributed by atoms with Crippen LogP contribution < -0.4 is 9.47 Å². The second kappa shape index (κ2) is 6.89. The summed E-state index contributed by atoms with van der Waals surface area (Å²) in [4.78, 5) is 6.88. The molecule has 26 heavy (non-hydrogen) atoms. The molecule has 4 rings (SSSR count). The van der Waals surface area contributed by atoms with Crippen molar-refractivity contribution >= 4 is 0 Å². The predicted octanol–water partition coefficient (Wildman–Crippen LogP) is 2.83. The van der Waals surface area contributed by atoms with Crippen molar-refractivity contribution in [3.8, 4) is 11.5 Å². The van der Waals surface area contributed by atoms with Gasteiger partial charge in [-0.1, -0.05) is 12.1 Å². The van der Waals surface area contributed by atoms with Crippen molar-refractivity contribution in [3.63, 3.8) is 0 Å². The molecule has 0 radical (unpaired) electrons. The van der Waals surface area contributed by atoms with Gasteiger partial charge in [-0.3, -0.25) is 9.88 Å². The van der Waals surface area contributed by atoms with E-state index in [1.54, 1.807) is 20.4 Å². The molecule has 1 aliphatic heterocycles. The molecule has 0 bridgehead atoms. The fraction of sp³-hybridized carbons (Fsp3) is 0.476. The highest BCUT2D eigenvalue weighted by Gasteiger charge is 2.52. The Morgan fingerprint density at radius 2 is 2.00 bits per heavy atom. The first-order chi connectivity index (χ1) is 12.6. The number of aliphatic hydroxyl groups is 1. The normalized spacial score (nSPS) is 28.1. The van der Waals surface area contributed by atoms with Gasteiger partial charge in [-0.25, -0.2) is 0 Å². The molecule has 0 amide bonds. The molecule has 1 N–H and O–H groups in total. The summed E-state index contributed by atoms with van der Waals surface area (Å²) in [6, 6.07) is 11.9. The summed E-state index contributed by atoms with van der Waals surface area (Å²) in [6.07, 6.45) is 3.64. The second-order valence-electron chi connectivity index (χ2n) is 7.43. The summed E-state index contributed by atoms with van der Waals surface area (Å²) >= 11 is 0. The van der Waals surface area contributed by atoms with E-state index in [1.807, 2.05) is 30.3 Å². The zero-order chi connectivity index (χ0) is 18.1. The zero-order valence-electron chi connectivity index (χ0n) is 15.4. The number of pyridine rings is 1. The Labute approximate surface area is 154 Å². The number of aromatic nitrogens is 1. The van der Waals surface area contributed by atoms with Crippen molar-refractivity contribution in [1.29, 1.82) is 0 Å². The van der Waals surface area contributed by atoms with Crippen molar-refractivity contribution in [1.82, 2.24) is 9.88 Å². The van der Waals surface area contributed by atoms with Crippen LogP contribution in [0.15, 0.2) is 42.6 Å². The van der Waals surface area contributed by atoms with Gasteiger partial charge >= 0.3 is 0 Å². The number of likely N-dealkylation sites (tertiary alicyclic amines) is 1. The van der Waals surface area contributed by atoms with Crippen molar-refractivity contribution in [2.45, 2.75) is 25.0 Å². The molecule has 1 saturated carbocycles. The monoisotopic (exact) mass is 354 g/mol. The quantitative estimate of drug-likeness (QED) is 0.895. The third-order valence-corrected chi connectivity index (χ3v) is 5.99. The van der Waals surface area contributed by atoms with E-state index < -0.39 is 5.60 Å². The van der Waals surface area contributed by atoms with Crippen LogP contribution in [0.25, 0.3) is 0 Å². The average molecular weight is 354 g/mol. The molecule has 0 unspecified atom stereocenters. The number of nitrogens with zero attached hydrogens (tertiary/aromatic N) is 2. The van der Waals surface area contributed by atoms with E-state index in [2.05, 4.69) is 16.0 Å². The summed E-state index contributed by atoms with van der Waals surface area (Å²) < 4.78 is 10.7. The van der Waals surface area contributed by atoms with Crippen LogP contribution in [0.3, 0.4) is 0 Å². The Balaban J connectivity index is 1.49. The van der Waals surface area contributed by atoms with Crippen LogP contribution in [-0.2, 0) is 12.1 Å². The van der Waals surface area contributed by atoms with Gasteiger partial charge in [0.1, 0.15) is 5.60 Å². The second-order valence-corrected chi connectivity index (χ2v) is 7.43. The van der Waals surface area contributed by atoms with Crippen molar-refractivity contribution in [2.75, 3.05) is 27.3 Å². The van der Waals surface area contributed by atoms with Gasteiger partial charge in [0.25, 0.3) is 0 Å². The van der Waals surface area contributed by atoms with Gasteiger partial charge in [-0.05, 0) is 48.6 Å². The van der Waals surface area contributed by atoms with Gasteiger partial charge in [-0.15, -0.1) is 0 Å². The fourth-order valence-electron chi connectivity index (χ4n) is 4.69. The molecule has 3 atom stereocenters. The smallest absolute Gasteiger partial charge is 0.161 e. The Hall–Kier alpha value is -2.11. The van der Waals surface area contributed by atoms with Crippen LogP contribution in [-0.4, -0.2) is 42.3 Å². The molecule has 1 saturated heterocycles. The minimum Gasteiger partial charge on any atom is -0.493 e. The minimum atomic E-state index is -0.793. The molecule has 2 aliphatic rings.